The molecule has 0 saturated heterocycles. The third kappa shape index (κ3) is 3.16. The molecule has 1 rings (SSSR count). The number of pyridine rings is 1. The van der Waals surface area contributed by atoms with Crippen molar-refractivity contribution in [2.24, 2.45) is 5.92 Å². The summed E-state index contributed by atoms with van der Waals surface area (Å²) in [6.07, 6.45) is 0. The zero-order valence-electron chi connectivity index (χ0n) is 8.33. The minimum Gasteiger partial charge on any atom is -0.477 e. The van der Waals surface area contributed by atoms with Crippen LogP contribution in [-0.4, -0.2) is 16.7 Å². The van der Waals surface area contributed by atoms with Gasteiger partial charge < -0.3 is 9.84 Å². The number of aliphatic hydroxyl groups excluding tert-OH is 1. The molecule has 0 radical (unpaired) electrons. The lowest BCUT2D eigenvalue weighted by atomic mass is 10.2. The highest BCUT2D eigenvalue weighted by Gasteiger charge is 2.04. The molecule has 3 nitrogen and oxygen atoms in total. The van der Waals surface area contributed by atoms with Gasteiger partial charge in [-0.2, -0.15) is 0 Å². The maximum Gasteiger partial charge on any atom is 0.213 e. The molecule has 0 unspecified atom stereocenters. The Morgan fingerprint density at radius 3 is 2.79 bits per heavy atom. The quantitative estimate of drug-likeness (QED) is 0.838. The molecule has 0 amide bonds. The van der Waals surface area contributed by atoms with E-state index in [1.165, 1.54) is 0 Å². The molecular formula is C10H14ClNO2. The summed E-state index contributed by atoms with van der Waals surface area (Å²) in [5.41, 5.74) is 0.452. The fourth-order valence-corrected chi connectivity index (χ4v) is 1.07. The highest BCUT2D eigenvalue weighted by atomic mass is 35.5. The lowest BCUT2D eigenvalue weighted by molar-refractivity contribution is 0.251. The summed E-state index contributed by atoms with van der Waals surface area (Å²) in [7, 11) is 0. The molecule has 4 heteroatoms. The number of aliphatic hydroxyl groups is 1. The Balaban J connectivity index is 2.69. The van der Waals surface area contributed by atoms with Gasteiger partial charge in [-0.25, -0.2) is 4.98 Å². The van der Waals surface area contributed by atoms with E-state index in [-0.39, 0.29) is 6.61 Å². The summed E-state index contributed by atoms with van der Waals surface area (Å²) >= 11 is 5.78. The highest BCUT2D eigenvalue weighted by molar-refractivity contribution is 6.31. The van der Waals surface area contributed by atoms with Gasteiger partial charge in [0.1, 0.15) is 0 Å². The lowest BCUT2D eigenvalue weighted by Gasteiger charge is -2.08. The number of halogens is 1. The maximum atomic E-state index is 8.92. The topological polar surface area (TPSA) is 42.4 Å². The average Bonchev–Trinajstić information content (AvgIpc) is 2.16. The van der Waals surface area contributed by atoms with E-state index in [9.17, 15) is 0 Å². The molecular weight excluding hydrogens is 202 g/mol. The van der Waals surface area contributed by atoms with Crippen molar-refractivity contribution in [2.45, 2.75) is 20.5 Å². The van der Waals surface area contributed by atoms with Gasteiger partial charge in [-0.05, 0) is 12.0 Å². The molecule has 0 aliphatic rings. The molecule has 1 N–H and O–H groups in total. The minimum absolute atomic E-state index is 0.169. The van der Waals surface area contributed by atoms with Crippen LogP contribution in [0.15, 0.2) is 12.1 Å². The van der Waals surface area contributed by atoms with Gasteiger partial charge >= 0.3 is 0 Å². The van der Waals surface area contributed by atoms with E-state index < -0.39 is 0 Å². The molecule has 0 bridgehead atoms. The Labute approximate surface area is 88.7 Å². The van der Waals surface area contributed by atoms with Crippen LogP contribution in [-0.2, 0) is 6.61 Å². The summed E-state index contributed by atoms with van der Waals surface area (Å²) in [4.78, 5) is 4.06. The van der Waals surface area contributed by atoms with Crippen molar-refractivity contribution >= 4 is 11.6 Å². The van der Waals surface area contributed by atoms with E-state index >= 15 is 0 Å². The van der Waals surface area contributed by atoms with Gasteiger partial charge in [0, 0.05) is 6.07 Å². The third-order valence-electron chi connectivity index (χ3n) is 1.61. The Hall–Kier alpha value is -0.800. The molecule has 0 fully saturated rings. The predicted molar refractivity (Wildman–Crippen MR) is 55.5 cm³/mol. The number of hydrogen-bond acceptors (Lipinski definition) is 3. The average molecular weight is 216 g/mol. The number of ether oxygens (including phenoxy) is 1. The van der Waals surface area contributed by atoms with Gasteiger partial charge in [0.2, 0.25) is 5.88 Å². The van der Waals surface area contributed by atoms with Gasteiger partial charge in [-0.15, -0.1) is 0 Å². The van der Waals surface area contributed by atoms with E-state index in [4.69, 9.17) is 21.4 Å². The van der Waals surface area contributed by atoms with Gasteiger partial charge in [-0.1, -0.05) is 25.4 Å². The van der Waals surface area contributed by atoms with Crippen LogP contribution in [0, 0.1) is 5.92 Å². The summed E-state index contributed by atoms with van der Waals surface area (Å²) in [6.45, 7) is 4.56. The van der Waals surface area contributed by atoms with Gasteiger partial charge in [0.25, 0.3) is 0 Å². The van der Waals surface area contributed by atoms with Crippen LogP contribution in [0.25, 0.3) is 0 Å². The van der Waals surface area contributed by atoms with Crippen LogP contribution >= 0.6 is 11.6 Å². The fourth-order valence-electron chi connectivity index (χ4n) is 0.908. The molecule has 1 heterocycles. The number of nitrogens with zero attached hydrogens (tertiary/aromatic N) is 1. The van der Waals surface area contributed by atoms with Crippen LogP contribution in [0.4, 0.5) is 0 Å². The maximum absolute atomic E-state index is 8.92. The molecule has 0 spiro atoms. The molecule has 0 saturated carbocycles. The molecule has 1 aromatic rings. The molecule has 0 atom stereocenters. The highest BCUT2D eigenvalue weighted by Crippen LogP contribution is 2.18. The summed E-state index contributed by atoms with van der Waals surface area (Å²) in [6, 6.07) is 3.37. The van der Waals surface area contributed by atoms with Gasteiger partial charge in [0.05, 0.1) is 23.9 Å². The lowest BCUT2D eigenvalue weighted by Crippen LogP contribution is -2.06. The normalized spacial score (nSPS) is 10.6. The Morgan fingerprint density at radius 2 is 2.21 bits per heavy atom. The number of hydrogen-bond donors (Lipinski definition) is 1. The number of aromatic nitrogens is 1. The minimum atomic E-state index is -0.169. The van der Waals surface area contributed by atoms with E-state index in [1.807, 2.05) is 0 Å². The van der Waals surface area contributed by atoms with Crippen molar-refractivity contribution in [3.8, 4) is 5.88 Å². The van der Waals surface area contributed by atoms with Crippen LogP contribution < -0.4 is 4.74 Å². The predicted octanol–water partition coefficient (Wildman–Crippen LogP) is 2.26. The Kier molecular flexibility index (Phi) is 4.17. The SMILES string of the molecule is CC(C)COc1ccc(Cl)c(CO)n1. The second-order valence-corrected chi connectivity index (χ2v) is 3.85. The molecule has 0 aliphatic carbocycles. The zero-order chi connectivity index (χ0) is 10.6. The van der Waals surface area contributed by atoms with Crippen molar-refractivity contribution in [3.05, 3.63) is 22.8 Å². The van der Waals surface area contributed by atoms with Crippen LogP contribution in [0.1, 0.15) is 19.5 Å². The van der Waals surface area contributed by atoms with Crippen molar-refractivity contribution in [1.82, 2.24) is 4.98 Å². The largest absolute Gasteiger partial charge is 0.477 e. The first-order chi connectivity index (χ1) is 6.63. The van der Waals surface area contributed by atoms with Crippen LogP contribution in [0.3, 0.4) is 0 Å². The number of rotatable bonds is 4. The van der Waals surface area contributed by atoms with Crippen molar-refractivity contribution < 1.29 is 9.84 Å². The first kappa shape index (κ1) is 11.3. The fraction of sp³-hybridized carbons (Fsp3) is 0.500. The molecule has 14 heavy (non-hydrogen) atoms. The first-order valence-corrected chi connectivity index (χ1v) is 4.90. The molecule has 0 aromatic carbocycles. The van der Waals surface area contributed by atoms with Crippen molar-refractivity contribution in [2.75, 3.05) is 6.61 Å². The van der Waals surface area contributed by atoms with Crippen molar-refractivity contribution in [1.29, 1.82) is 0 Å². The Bertz CT molecular complexity index is 302. The van der Waals surface area contributed by atoms with Gasteiger partial charge in [-0.3, -0.25) is 0 Å². The monoisotopic (exact) mass is 215 g/mol. The second kappa shape index (κ2) is 5.17. The van der Waals surface area contributed by atoms with E-state index in [2.05, 4.69) is 18.8 Å². The Morgan fingerprint density at radius 1 is 1.50 bits per heavy atom. The first-order valence-electron chi connectivity index (χ1n) is 4.52. The van der Waals surface area contributed by atoms with Crippen LogP contribution in [0.2, 0.25) is 5.02 Å². The van der Waals surface area contributed by atoms with Crippen LogP contribution in [0.5, 0.6) is 5.88 Å². The van der Waals surface area contributed by atoms with Gasteiger partial charge in [0.15, 0.2) is 0 Å². The van der Waals surface area contributed by atoms with E-state index in [0.29, 0.717) is 29.1 Å². The van der Waals surface area contributed by atoms with E-state index in [1.54, 1.807) is 12.1 Å². The molecule has 1 aromatic heterocycles. The second-order valence-electron chi connectivity index (χ2n) is 3.44. The summed E-state index contributed by atoms with van der Waals surface area (Å²) < 4.78 is 5.38. The standard InChI is InChI=1S/C10H14ClNO2/c1-7(2)6-14-10-4-3-8(11)9(5-13)12-10/h3-4,7,13H,5-6H2,1-2H3. The summed E-state index contributed by atoms with van der Waals surface area (Å²) in [5.74, 6) is 0.956. The smallest absolute Gasteiger partial charge is 0.213 e. The molecule has 78 valence electrons. The van der Waals surface area contributed by atoms with Crippen molar-refractivity contribution in [3.63, 3.8) is 0 Å². The van der Waals surface area contributed by atoms with E-state index in [0.717, 1.165) is 0 Å². The zero-order valence-corrected chi connectivity index (χ0v) is 9.08. The molecule has 0 aliphatic heterocycles. The third-order valence-corrected chi connectivity index (χ3v) is 1.95. The summed E-state index contributed by atoms with van der Waals surface area (Å²) in [5, 5.41) is 9.38.